The molecule has 2 aromatic rings. The van der Waals surface area contributed by atoms with E-state index in [9.17, 15) is 9.59 Å². The highest BCUT2D eigenvalue weighted by atomic mass is 16.5. The summed E-state index contributed by atoms with van der Waals surface area (Å²) in [4.78, 5) is 26.3. The summed E-state index contributed by atoms with van der Waals surface area (Å²) in [5, 5.41) is 2.98. The van der Waals surface area contributed by atoms with Crippen LogP contribution < -0.4 is 10.1 Å². The van der Waals surface area contributed by atoms with Gasteiger partial charge in [-0.05, 0) is 61.2 Å². The molecule has 2 amide bonds. The molecule has 0 aliphatic carbocycles. The summed E-state index contributed by atoms with van der Waals surface area (Å²) < 4.78 is 10.3. The molecule has 6 heteroatoms. The maximum atomic E-state index is 12.2. The van der Waals surface area contributed by atoms with Crippen LogP contribution in [0.3, 0.4) is 0 Å². The van der Waals surface area contributed by atoms with Crippen LogP contribution in [0.5, 0.6) is 5.75 Å². The van der Waals surface area contributed by atoms with Gasteiger partial charge in [-0.1, -0.05) is 0 Å². The van der Waals surface area contributed by atoms with E-state index in [-0.39, 0.29) is 11.8 Å². The van der Waals surface area contributed by atoms with Gasteiger partial charge >= 0.3 is 0 Å². The van der Waals surface area contributed by atoms with E-state index in [0.29, 0.717) is 36.9 Å². The Morgan fingerprint density at radius 3 is 2.59 bits per heavy atom. The van der Waals surface area contributed by atoms with Gasteiger partial charge in [-0.25, -0.2) is 0 Å². The monoisotopic (exact) mass is 368 g/mol. The average Bonchev–Trinajstić information content (AvgIpc) is 3.24. The zero-order valence-corrected chi connectivity index (χ0v) is 15.4. The third-order valence-corrected chi connectivity index (χ3v) is 4.76. The Kier molecular flexibility index (Phi) is 6.30. The van der Waals surface area contributed by atoms with E-state index >= 15 is 0 Å². The molecular weight excluding hydrogens is 344 g/mol. The first kappa shape index (κ1) is 18.8. The van der Waals surface area contributed by atoms with E-state index in [4.69, 9.17) is 9.15 Å². The quantitative estimate of drug-likeness (QED) is 0.796. The maximum Gasteiger partial charge on any atom is 0.251 e. The number of ether oxygens (including phenoxy) is 1. The van der Waals surface area contributed by atoms with Crippen molar-refractivity contribution in [1.29, 1.82) is 0 Å². The lowest BCUT2D eigenvalue weighted by Crippen LogP contribution is -2.40. The number of amides is 2. The molecule has 142 valence electrons. The van der Waals surface area contributed by atoms with Gasteiger partial charge in [0.2, 0.25) is 5.91 Å². The normalized spacial score (nSPS) is 15.1. The van der Waals surface area contributed by atoms with Crippen LogP contribution in [0.1, 0.15) is 29.0 Å². The van der Waals surface area contributed by atoms with E-state index in [1.54, 1.807) is 55.9 Å². The summed E-state index contributed by atoms with van der Waals surface area (Å²) in [5.41, 5.74) is 0.617. The summed E-state index contributed by atoms with van der Waals surface area (Å²) in [5.74, 6) is 1.68. The topological polar surface area (TPSA) is 71.8 Å². The van der Waals surface area contributed by atoms with Gasteiger partial charge in [-0.2, -0.15) is 0 Å². The van der Waals surface area contributed by atoms with Crippen molar-refractivity contribution in [2.45, 2.75) is 12.8 Å². The molecule has 2 heterocycles. The van der Waals surface area contributed by atoms with Gasteiger partial charge < -0.3 is 19.4 Å². The minimum absolute atomic E-state index is 0.00730. The molecule has 0 saturated carbocycles. The highest BCUT2D eigenvalue weighted by Crippen LogP contribution is 2.17. The molecular formula is C21H24N2O4. The number of methoxy groups -OCH3 is 1. The van der Waals surface area contributed by atoms with Crippen LogP contribution >= 0.6 is 0 Å². The molecule has 0 spiro atoms. The van der Waals surface area contributed by atoms with E-state index in [1.165, 1.54) is 0 Å². The molecule has 1 fully saturated rings. The third-order valence-electron chi connectivity index (χ3n) is 4.76. The van der Waals surface area contributed by atoms with Crippen LogP contribution in [0.25, 0.3) is 6.08 Å². The van der Waals surface area contributed by atoms with E-state index < -0.39 is 0 Å². The zero-order valence-electron chi connectivity index (χ0n) is 15.4. The number of hydrogen-bond acceptors (Lipinski definition) is 4. The molecule has 3 rings (SSSR count). The third kappa shape index (κ3) is 5.23. The van der Waals surface area contributed by atoms with Crippen molar-refractivity contribution >= 4 is 17.9 Å². The molecule has 1 aromatic heterocycles. The smallest absolute Gasteiger partial charge is 0.251 e. The van der Waals surface area contributed by atoms with Crippen molar-refractivity contribution < 1.29 is 18.7 Å². The summed E-state index contributed by atoms with van der Waals surface area (Å²) in [6.45, 7) is 2.02. The highest BCUT2D eigenvalue weighted by Gasteiger charge is 2.22. The molecule has 6 nitrogen and oxygen atoms in total. The summed E-state index contributed by atoms with van der Waals surface area (Å²) in [6, 6.07) is 10.6. The van der Waals surface area contributed by atoms with Gasteiger partial charge in [0, 0.05) is 31.3 Å². The first-order valence-electron chi connectivity index (χ1n) is 9.08. The van der Waals surface area contributed by atoms with Crippen LogP contribution in [-0.2, 0) is 4.79 Å². The van der Waals surface area contributed by atoms with E-state index in [2.05, 4.69) is 5.32 Å². The minimum Gasteiger partial charge on any atom is -0.497 e. The molecule has 1 saturated heterocycles. The molecule has 0 atom stereocenters. The molecule has 0 radical (unpaired) electrons. The molecule has 1 N–H and O–H groups in total. The van der Waals surface area contributed by atoms with Crippen molar-refractivity contribution in [3.63, 3.8) is 0 Å². The number of nitrogens with one attached hydrogen (secondary N) is 1. The van der Waals surface area contributed by atoms with Crippen molar-refractivity contribution in [1.82, 2.24) is 10.2 Å². The van der Waals surface area contributed by atoms with Crippen LogP contribution in [-0.4, -0.2) is 43.5 Å². The van der Waals surface area contributed by atoms with Gasteiger partial charge in [0.25, 0.3) is 5.91 Å². The number of carbonyl (C=O) groups is 2. The predicted octanol–water partition coefficient (Wildman–Crippen LogP) is 2.97. The predicted molar refractivity (Wildman–Crippen MR) is 102 cm³/mol. The molecule has 1 aliphatic heterocycles. The Labute approximate surface area is 158 Å². The Bertz CT molecular complexity index is 773. The molecule has 0 bridgehead atoms. The summed E-state index contributed by atoms with van der Waals surface area (Å²) in [7, 11) is 1.60. The van der Waals surface area contributed by atoms with Crippen molar-refractivity contribution in [2.24, 2.45) is 5.92 Å². The van der Waals surface area contributed by atoms with Crippen molar-refractivity contribution in [3.8, 4) is 5.75 Å². The number of rotatable bonds is 6. The maximum absolute atomic E-state index is 12.2. The number of nitrogens with zero attached hydrogens (tertiary/aromatic N) is 1. The number of likely N-dealkylation sites (tertiary alicyclic amines) is 1. The van der Waals surface area contributed by atoms with Gasteiger partial charge in [-0.15, -0.1) is 0 Å². The fourth-order valence-corrected chi connectivity index (χ4v) is 3.08. The van der Waals surface area contributed by atoms with Crippen molar-refractivity contribution in [2.75, 3.05) is 26.7 Å². The number of hydrogen-bond donors (Lipinski definition) is 1. The van der Waals surface area contributed by atoms with Gasteiger partial charge in [-0.3, -0.25) is 9.59 Å². The van der Waals surface area contributed by atoms with Gasteiger partial charge in [0.05, 0.1) is 13.4 Å². The van der Waals surface area contributed by atoms with Gasteiger partial charge in [0.15, 0.2) is 0 Å². The lowest BCUT2D eigenvalue weighted by Gasteiger charge is -2.31. The molecule has 1 aromatic carbocycles. The van der Waals surface area contributed by atoms with E-state index in [0.717, 1.165) is 18.6 Å². The Hall–Kier alpha value is -3.02. The summed E-state index contributed by atoms with van der Waals surface area (Å²) in [6.07, 6.45) is 6.57. The second-order valence-corrected chi connectivity index (χ2v) is 6.56. The highest BCUT2D eigenvalue weighted by molar-refractivity contribution is 5.94. The lowest BCUT2D eigenvalue weighted by atomic mass is 9.96. The molecule has 1 aliphatic rings. The van der Waals surface area contributed by atoms with Gasteiger partial charge in [0.1, 0.15) is 11.5 Å². The SMILES string of the molecule is COc1ccc(C(=O)NCC2CCN(C(=O)/C=C/c3ccco3)CC2)cc1. The largest absolute Gasteiger partial charge is 0.497 e. The summed E-state index contributed by atoms with van der Waals surface area (Å²) >= 11 is 0. The Morgan fingerprint density at radius 1 is 1.22 bits per heavy atom. The average molecular weight is 368 g/mol. The second kappa shape index (κ2) is 9.07. The zero-order chi connectivity index (χ0) is 19.1. The number of furan rings is 1. The van der Waals surface area contributed by atoms with Crippen LogP contribution in [0, 0.1) is 5.92 Å². The standard InChI is InChI=1S/C21H24N2O4/c1-26-18-6-4-17(5-7-18)21(25)22-15-16-10-12-23(13-11-16)20(24)9-8-19-3-2-14-27-19/h2-9,14,16H,10-13,15H2,1H3,(H,22,25)/b9-8+. The van der Waals surface area contributed by atoms with Crippen molar-refractivity contribution in [3.05, 3.63) is 60.1 Å². The minimum atomic E-state index is -0.0856. The number of piperidine rings is 1. The number of carbonyl (C=O) groups excluding carboxylic acids is 2. The van der Waals surface area contributed by atoms with Crippen LogP contribution in [0.15, 0.2) is 53.2 Å². The fourth-order valence-electron chi connectivity index (χ4n) is 3.08. The lowest BCUT2D eigenvalue weighted by molar-refractivity contribution is -0.127. The van der Waals surface area contributed by atoms with E-state index in [1.807, 2.05) is 11.0 Å². The second-order valence-electron chi connectivity index (χ2n) is 6.56. The number of benzene rings is 1. The first-order chi connectivity index (χ1) is 13.2. The van der Waals surface area contributed by atoms with Crippen LogP contribution in [0.2, 0.25) is 0 Å². The Balaban J connectivity index is 1.41. The molecule has 27 heavy (non-hydrogen) atoms. The molecule has 0 unspecified atom stereocenters. The Morgan fingerprint density at radius 2 is 1.96 bits per heavy atom. The first-order valence-corrected chi connectivity index (χ1v) is 9.08. The fraction of sp³-hybridized carbons (Fsp3) is 0.333. The van der Waals surface area contributed by atoms with Crippen LogP contribution in [0.4, 0.5) is 0 Å².